The van der Waals surface area contributed by atoms with E-state index >= 15 is 0 Å². The molecule has 0 aliphatic rings. The number of nitrogens with one attached hydrogen (secondary N) is 1. The Bertz CT molecular complexity index is 934. The second-order valence-corrected chi connectivity index (χ2v) is 8.31. The van der Waals surface area contributed by atoms with E-state index in [1.54, 1.807) is 11.8 Å². The van der Waals surface area contributed by atoms with Crippen LogP contribution in [0.25, 0.3) is 0 Å². The van der Waals surface area contributed by atoms with Gasteiger partial charge in [0, 0.05) is 20.6 Å². The molecular formula is C21H20IN3OS. The fraction of sp³-hybridized carbons (Fsp3) is 0.238. The summed E-state index contributed by atoms with van der Waals surface area (Å²) in [6.45, 7) is 3.35. The van der Waals surface area contributed by atoms with Crippen molar-refractivity contribution in [1.82, 2.24) is 9.97 Å². The van der Waals surface area contributed by atoms with Gasteiger partial charge in [-0.25, -0.2) is 4.98 Å². The number of aromatic amines is 1. The topological polar surface area (TPSA) is 61.7 Å². The van der Waals surface area contributed by atoms with Gasteiger partial charge in [0.05, 0.1) is 24.8 Å². The van der Waals surface area contributed by atoms with Crippen LogP contribution in [0, 0.1) is 14.9 Å². The molecule has 0 saturated heterocycles. The SMILES string of the molecule is CCc1[nH]c(CCOCc2ccccc2)nc1Sc1cc(I)cc(C#N)c1. The average molecular weight is 489 g/mol. The molecule has 3 aromatic rings. The van der Waals surface area contributed by atoms with Gasteiger partial charge in [0.25, 0.3) is 0 Å². The molecule has 0 bridgehead atoms. The van der Waals surface area contributed by atoms with Crippen molar-refractivity contribution in [2.45, 2.75) is 36.3 Å². The van der Waals surface area contributed by atoms with E-state index in [2.05, 4.69) is 58.8 Å². The normalized spacial score (nSPS) is 10.7. The van der Waals surface area contributed by atoms with E-state index < -0.39 is 0 Å². The van der Waals surface area contributed by atoms with Crippen LogP contribution in [-0.2, 0) is 24.2 Å². The molecule has 0 aliphatic heterocycles. The van der Waals surface area contributed by atoms with Gasteiger partial charge >= 0.3 is 0 Å². The third kappa shape index (κ3) is 5.83. The summed E-state index contributed by atoms with van der Waals surface area (Å²) >= 11 is 3.84. The van der Waals surface area contributed by atoms with Crippen LogP contribution in [0.2, 0.25) is 0 Å². The first-order valence-corrected chi connectivity index (χ1v) is 10.7. The van der Waals surface area contributed by atoms with Gasteiger partial charge in [-0.15, -0.1) is 0 Å². The molecule has 1 N–H and O–H groups in total. The zero-order chi connectivity index (χ0) is 19.1. The lowest BCUT2D eigenvalue weighted by Gasteiger charge is -2.03. The Hall–Kier alpha value is -1.82. The number of aromatic nitrogens is 2. The van der Waals surface area contributed by atoms with Crippen molar-refractivity contribution in [3.8, 4) is 6.07 Å². The maximum Gasteiger partial charge on any atom is 0.122 e. The summed E-state index contributed by atoms with van der Waals surface area (Å²) in [7, 11) is 0. The minimum atomic E-state index is 0.614. The monoisotopic (exact) mass is 489 g/mol. The molecule has 1 heterocycles. The van der Waals surface area contributed by atoms with E-state index in [1.165, 1.54) is 5.56 Å². The third-order valence-electron chi connectivity index (χ3n) is 3.95. The van der Waals surface area contributed by atoms with Gasteiger partial charge in [0.15, 0.2) is 0 Å². The molecular weight excluding hydrogens is 469 g/mol. The summed E-state index contributed by atoms with van der Waals surface area (Å²) in [5.74, 6) is 0.938. The minimum absolute atomic E-state index is 0.614. The number of nitriles is 1. The van der Waals surface area contributed by atoms with E-state index in [0.29, 0.717) is 18.8 Å². The highest BCUT2D eigenvalue weighted by molar-refractivity contribution is 14.1. The van der Waals surface area contributed by atoms with Crippen molar-refractivity contribution in [1.29, 1.82) is 5.26 Å². The van der Waals surface area contributed by atoms with E-state index in [-0.39, 0.29) is 0 Å². The molecule has 27 heavy (non-hydrogen) atoms. The number of nitrogens with zero attached hydrogens (tertiary/aromatic N) is 2. The molecule has 4 nitrogen and oxygen atoms in total. The van der Waals surface area contributed by atoms with Crippen LogP contribution >= 0.6 is 34.4 Å². The molecule has 3 rings (SSSR count). The lowest BCUT2D eigenvalue weighted by atomic mass is 10.2. The van der Waals surface area contributed by atoms with E-state index in [0.717, 1.165) is 37.9 Å². The predicted octanol–water partition coefficient (Wildman–Crippen LogP) is 5.36. The number of hydrogen-bond acceptors (Lipinski definition) is 4. The summed E-state index contributed by atoms with van der Waals surface area (Å²) in [6.07, 6.45) is 1.63. The zero-order valence-electron chi connectivity index (χ0n) is 15.0. The van der Waals surface area contributed by atoms with Crippen LogP contribution < -0.4 is 0 Å². The molecule has 1 aromatic heterocycles. The Labute approximate surface area is 177 Å². The summed E-state index contributed by atoms with van der Waals surface area (Å²) < 4.78 is 6.82. The molecule has 0 spiro atoms. The quantitative estimate of drug-likeness (QED) is 0.342. The highest BCUT2D eigenvalue weighted by Crippen LogP contribution is 2.31. The van der Waals surface area contributed by atoms with Crippen LogP contribution in [0.4, 0.5) is 0 Å². The van der Waals surface area contributed by atoms with Crippen molar-refractivity contribution < 1.29 is 4.74 Å². The summed E-state index contributed by atoms with van der Waals surface area (Å²) in [5, 5.41) is 10.1. The summed E-state index contributed by atoms with van der Waals surface area (Å²) in [6, 6.07) is 18.2. The first-order valence-electron chi connectivity index (χ1n) is 8.76. The van der Waals surface area contributed by atoms with Gasteiger partial charge in [0.1, 0.15) is 10.9 Å². The number of imidazole rings is 1. The predicted molar refractivity (Wildman–Crippen MR) is 116 cm³/mol. The molecule has 6 heteroatoms. The van der Waals surface area contributed by atoms with Crippen molar-refractivity contribution in [3.63, 3.8) is 0 Å². The molecule has 0 atom stereocenters. The molecule has 0 saturated carbocycles. The largest absolute Gasteiger partial charge is 0.376 e. The van der Waals surface area contributed by atoms with E-state index in [1.807, 2.05) is 30.3 Å². The number of aryl methyl sites for hydroxylation is 1. The van der Waals surface area contributed by atoms with Crippen molar-refractivity contribution in [3.05, 3.63) is 74.7 Å². The minimum Gasteiger partial charge on any atom is -0.376 e. The summed E-state index contributed by atoms with van der Waals surface area (Å²) in [5.41, 5.74) is 2.97. The van der Waals surface area contributed by atoms with Crippen LogP contribution in [0.1, 0.15) is 29.6 Å². The Morgan fingerprint density at radius 2 is 2.04 bits per heavy atom. The number of hydrogen-bond donors (Lipinski definition) is 1. The van der Waals surface area contributed by atoms with Gasteiger partial charge in [-0.05, 0) is 52.8 Å². The standard InChI is InChI=1S/C21H20IN3OS/c1-2-19-21(27-18-11-16(13-23)10-17(22)12-18)25-20(24-19)8-9-26-14-15-6-4-3-5-7-15/h3-7,10-12H,2,8-9,14H2,1H3,(H,24,25). The van der Waals surface area contributed by atoms with Crippen molar-refractivity contribution >= 4 is 34.4 Å². The number of halogens is 1. The highest BCUT2D eigenvalue weighted by Gasteiger charge is 2.11. The molecule has 0 amide bonds. The zero-order valence-corrected chi connectivity index (χ0v) is 18.0. The number of H-pyrrole nitrogens is 1. The second-order valence-electron chi connectivity index (χ2n) is 6.00. The van der Waals surface area contributed by atoms with Gasteiger partial charge in [-0.2, -0.15) is 5.26 Å². The van der Waals surface area contributed by atoms with Gasteiger partial charge in [-0.3, -0.25) is 0 Å². The van der Waals surface area contributed by atoms with E-state index in [9.17, 15) is 0 Å². The first kappa shape index (κ1) is 19.9. The van der Waals surface area contributed by atoms with Crippen molar-refractivity contribution in [2.75, 3.05) is 6.61 Å². The molecule has 138 valence electrons. The van der Waals surface area contributed by atoms with Crippen LogP contribution in [-0.4, -0.2) is 16.6 Å². The van der Waals surface area contributed by atoms with Gasteiger partial charge in [-0.1, -0.05) is 49.0 Å². The Morgan fingerprint density at radius 3 is 2.78 bits per heavy atom. The maximum absolute atomic E-state index is 9.16. The van der Waals surface area contributed by atoms with Crippen LogP contribution in [0.3, 0.4) is 0 Å². The van der Waals surface area contributed by atoms with Gasteiger partial charge < -0.3 is 9.72 Å². The lowest BCUT2D eigenvalue weighted by molar-refractivity contribution is 0.122. The van der Waals surface area contributed by atoms with Crippen molar-refractivity contribution in [2.24, 2.45) is 0 Å². The Kier molecular flexibility index (Phi) is 7.33. The Morgan fingerprint density at radius 1 is 1.22 bits per heavy atom. The maximum atomic E-state index is 9.16. The lowest BCUT2D eigenvalue weighted by Crippen LogP contribution is -2.00. The first-order chi connectivity index (χ1) is 13.2. The molecule has 0 unspecified atom stereocenters. The molecule has 0 radical (unpaired) electrons. The summed E-state index contributed by atoms with van der Waals surface area (Å²) in [4.78, 5) is 9.20. The molecule has 2 aromatic carbocycles. The highest BCUT2D eigenvalue weighted by atomic mass is 127. The fourth-order valence-electron chi connectivity index (χ4n) is 2.62. The number of benzene rings is 2. The third-order valence-corrected chi connectivity index (χ3v) is 5.58. The second kappa shape index (κ2) is 9.93. The molecule has 0 aliphatic carbocycles. The van der Waals surface area contributed by atoms with Crippen LogP contribution in [0.5, 0.6) is 0 Å². The Balaban J connectivity index is 1.61. The number of ether oxygens (including phenoxy) is 1. The molecule has 0 fully saturated rings. The number of rotatable bonds is 8. The fourth-order valence-corrected chi connectivity index (χ4v) is 4.57. The van der Waals surface area contributed by atoms with Crippen LogP contribution in [0.15, 0.2) is 58.5 Å². The van der Waals surface area contributed by atoms with Gasteiger partial charge in [0.2, 0.25) is 0 Å². The van der Waals surface area contributed by atoms with E-state index in [4.69, 9.17) is 15.0 Å². The smallest absolute Gasteiger partial charge is 0.122 e. The average Bonchev–Trinajstić information content (AvgIpc) is 3.07.